The molecule has 3 heteroatoms. The van der Waals surface area contributed by atoms with E-state index in [0.717, 1.165) is 5.56 Å². The van der Waals surface area contributed by atoms with Crippen LogP contribution in [0.1, 0.15) is 5.56 Å². The Morgan fingerprint density at radius 2 is 2.17 bits per heavy atom. The van der Waals surface area contributed by atoms with Crippen LogP contribution in [0.15, 0.2) is 28.3 Å². The van der Waals surface area contributed by atoms with E-state index in [1.54, 1.807) is 22.7 Å². The molecular weight excluding hydrogens is 188 g/mol. The Labute approximate surface area is 78.9 Å². The van der Waals surface area contributed by atoms with Crippen molar-refractivity contribution in [2.45, 2.75) is 6.61 Å². The third kappa shape index (κ3) is 1.31. The van der Waals surface area contributed by atoms with Gasteiger partial charge in [-0.15, -0.1) is 11.3 Å². The molecule has 2 aromatic rings. The Hall–Kier alpha value is -0.640. The smallest absolute Gasteiger partial charge is 0.0696 e. The Morgan fingerprint density at radius 3 is 2.83 bits per heavy atom. The maximum atomic E-state index is 9.02. The highest BCUT2D eigenvalue weighted by Crippen LogP contribution is 2.30. The molecule has 2 heterocycles. The third-order valence-corrected chi connectivity index (χ3v) is 3.39. The standard InChI is InChI=1S/C9H8OS2/c10-5-7-2-4-12-9(7)8-1-3-11-6-8/h1-4,6,10H,5H2. The van der Waals surface area contributed by atoms with E-state index >= 15 is 0 Å². The molecule has 1 N–H and O–H groups in total. The van der Waals surface area contributed by atoms with Crippen molar-refractivity contribution in [3.05, 3.63) is 33.8 Å². The van der Waals surface area contributed by atoms with Crippen molar-refractivity contribution < 1.29 is 5.11 Å². The molecule has 0 aliphatic carbocycles. The first-order valence-electron chi connectivity index (χ1n) is 3.61. The van der Waals surface area contributed by atoms with E-state index in [4.69, 9.17) is 5.11 Å². The van der Waals surface area contributed by atoms with Crippen LogP contribution in [0.25, 0.3) is 10.4 Å². The molecule has 0 amide bonds. The van der Waals surface area contributed by atoms with E-state index in [1.165, 1.54) is 10.4 Å². The van der Waals surface area contributed by atoms with Gasteiger partial charge in [0.25, 0.3) is 0 Å². The van der Waals surface area contributed by atoms with Crippen LogP contribution in [0.3, 0.4) is 0 Å². The van der Waals surface area contributed by atoms with Gasteiger partial charge in [0.1, 0.15) is 0 Å². The normalized spacial score (nSPS) is 10.4. The zero-order valence-corrected chi connectivity index (χ0v) is 7.99. The lowest BCUT2D eigenvalue weighted by molar-refractivity contribution is 0.283. The monoisotopic (exact) mass is 196 g/mol. The molecule has 2 rings (SSSR count). The van der Waals surface area contributed by atoms with E-state index in [9.17, 15) is 0 Å². The second kappa shape index (κ2) is 3.39. The van der Waals surface area contributed by atoms with Gasteiger partial charge in [-0.25, -0.2) is 0 Å². The van der Waals surface area contributed by atoms with E-state index in [0.29, 0.717) is 0 Å². The predicted molar refractivity (Wildman–Crippen MR) is 53.6 cm³/mol. The first kappa shape index (κ1) is 7.98. The third-order valence-electron chi connectivity index (χ3n) is 1.70. The zero-order valence-electron chi connectivity index (χ0n) is 6.36. The number of hydrogen-bond acceptors (Lipinski definition) is 3. The van der Waals surface area contributed by atoms with E-state index in [-0.39, 0.29) is 6.61 Å². The fourth-order valence-electron chi connectivity index (χ4n) is 1.11. The summed E-state index contributed by atoms with van der Waals surface area (Å²) in [6, 6.07) is 4.05. The van der Waals surface area contributed by atoms with Crippen molar-refractivity contribution in [1.82, 2.24) is 0 Å². The summed E-state index contributed by atoms with van der Waals surface area (Å²) in [5.74, 6) is 0. The second-order valence-corrected chi connectivity index (χ2v) is 4.14. The predicted octanol–water partition coefficient (Wildman–Crippen LogP) is 2.97. The number of aliphatic hydroxyl groups excluding tert-OH is 1. The molecule has 0 atom stereocenters. The molecule has 0 saturated carbocycles. The fourth-order valence-corrected chi connectivity index (χ4v) is 2.74. The van der Waals surface area contributed by atoms with Crippen molar-refractivity contribution in [3.8, 4) is 10.4 Å². The fraction of sp³-hybridized carbons (Fsp3) is 0.111. The van der Waals surface area contributed by atoms with Crippen molar-refractivity contribution in [1.29, 1.82) is 0 Å². The molecule has 1 nitrogen and oxygen atoms in total. The van der Waals surface area contributed by atoms with Gasteiger partial charge in [0.2, 0.25) is 0 Å². The van der Waals surface area contributed by atoms with Gasteiger partial charge in [0, 0.05) is 10.4 Å². The minimum absolute atomic E-state index is 0.134. The quantitative estimate of drug-likeness (QED) is 0.783. The van der Waals surface area contributed by atoms with Gasteiger partial charge in [-0.1, -0.05) is 0 Å². The first-order chi connectivity index (χ1) is 5.92. The van der Waals surface area contributed by atoms with Crippen LogP contribution in [0.4, 0.5) is 0 Å². The summed E-state index contributed by atoms with van der Waals surface area (Å²) in [4.78, 5) is 1.19. The van der Waals surface area contributed by atoms with Gasteiger partial charge >= 0.3 is 0 Å². The second-order valence-electron chi connectivity index (χ2n) is 2.45. The van der Waals surface area contributed by atoms with Gasteiger partial charge in [-0.2, -0.15) is 11.3 Å². The Kier molecular flexibility index (Phi) is 2.26. The molecule has 0 radical (unpaired) electrons. The van der Waals surface area contributed by atoms with Crippen molar-refractivity contribution in [2.24, 2.45) is 0 Å². The van der Waals surface area contributed by atoms with Crippen molar-refractivity contribution in [2.75, 3.05) is 0 Å². The molecule has 0 aromatic carbocycles. The van der Waals surface area contributed by atoms with Gasteiger partial charge in [0.15, 0.2) is 0 Å². The zero-order chi connectivity index (χ0) is 8.39. The van der Waals surface area contributed by atoms with Crippen LogP contribution >= 0.6 is 22.7 Å². The first-order valence-corrected chi connectivity index (χ1v) is 5.44. The minimum atomic E-state index is 0.134. The molecule has 0 spiro atoms. The lowest BCUT2D eigenvalue weighted by atomic mass is 10.2. The SMILES string of the molecule is OCc1ccsc1-c1ccsc1. The van der Waals surface area contributed by atoms with E-state index < -0.39 is 0 Å². The van der Waals surface area contributed by atoms with Gasteiger partial charge in [0.05, 0.1) is 6.61 Å². The Balaban J connectivity index is 2.46. The molecule has 0 saturated heterocycles. The molecule has 12 heavy (non-hydrogen) atoms. The number of aliphatic hydroxyl groups is 1. The van der Waals surface area contributed by atoms with Gasteiger partial charge in [-0.3, -0.25) is 0 Å². The van der Waals surface area contributed by atoms with Crippen LogP contribution in [-0.4, -0.2) is 5.11 Å². The van der Waals surface area contributed by atoms with Crippen LogP contribution in [0.5, 0.6) is 0 Å². The number of rotatable bonds is 2. The highest BCUT2D eigenvalue weighted by Gasteiger charge is 2.05. The average molecular weight is 196 g/mol. The summed E-state index contributed by atoms with van der Waals surface area (Å²) >= 11 is 3.36. The Bertz CT molecular complexity index is 348. The summed E-state index contributed by atoms with van der Waals surface area (Å²) in [5.41, 5.74) is 2.25. The van der Waals surface area contributed by atoms with Gasteiger partial charge in [-0.05, 0) is 33.8 Å². The molecule has 0 aliphatic heterocycles. The van der Waals surface area contributed by atoms with Crippen molar-refractivity contribution in [3.63, 3.8) is 0 Å². The molecule has 0 bridgehead atoms. The van der Waals surface area contributed by atoms with Gasteiger partial charge < -0.3 is 5.11 Å². The highest BCUT2D eigenvalue weighted by molar-refractivity contribution is 7.14. The lowest BCUT2D eigenvalue weighted by Gasteiger charge is -1.95. The average Bonchev–Trinajstić information content (AvgIpc) is 2.74. The maximum absolute atomic E-state index is 9.02. The topological polar surface area (TPSA) is 20.2 Å². The molecule has 0 fully saturated rings. The molecule has 0 aliphatic rings. The molecular formula is C9H8OS2. The van der Waals surface area contributed by atoms with E-state index in [1.807, 2.05) is 11.4 Å². The largest absolute Gasteiger partial charge is 0.392 e. The summed E-state index contributed by atoms with van der Waals surface area (Å²) in [5, 5.41) is 15.2. The number of thiophene rings is 2. The summed E-state index contributed by atoms with van der Waals surface area (Å²) in [6.45, 7) is 0.134. The number of hydrogen-bond donors (Lipinski definition) is 1. The minimum Gasteiger partial charge on any atom is -0.392 e. The van der Waals surface area contributed by atoms with Crippen LogP contribution in [0, 0.1) is 0 Å². The lowest BCUT2D eigenvalue weighted by Crippen LogP contribution is -1.79. The molecule has 2 aromatic heterocycles. The Morgan fingerprint density at radius 1 is 1.25 bits per heavy atom. The van der Waals surface area contributed by atoms with E-state index in [2.05, 4.69) is 16.8 Å². The van der Waals surface area contributed by atoms with Crippen molar-refractivity contribution >= 4 is 22.7 Å². The highest BCUT2D eigenvalue weighted by atomic mass is 32.1. The van der Waals surface area contributed by atoms with Crippen LogP contribution < -0.4 is 0 Å². The molecule has 62 valence electrons. The molecule has 0 unspecified atom stereocenters. The summed E-state index contributed by atoms with van der Waals surface area (Å²) in [6.07, 6.45) is 0. The maximum Gasteiger partial charge on any atom is 0.0696 e. The van der Waals surface area contributed by atoms with Crippen LogP contribution in [0.2, 0.25) is 0 Å². The summed E-state index contributed by atoms with van der Waals surface area (Å²) < 4.78 is 0. The summed E-state index contributed by atoms with van der Waals surface area (Å²) in [7, 11) is 0. The van der Waals surface area contributed by atoms with Crippen LogP contribution in [-0.2, 0) is 6.61 Å².